The van der Waals surface area contributed by atoms with Crippen LogP contribution in [0, 0.1) is 0 Å². The molecular formula is C17H14ClN3O2. The molecule has 0 atom stereocenters. The van der Waals surface area contributed by atoms with Gasteiger partial charge in [-0.25, -0.2) is 0 Å². The lowest BCUT2D eigenvalue weighted by Crippen LogP contribution is -2.13. The third-order valence-electron chi connectivity index (χ3n) is 3.17. The number of amides is 1. The van der Waals surface area contributed by atoms with Gasteiger partial charge in [-0.1, -0.05) is 23.7 Å². The predicted octanol–water partition coefficient (Wildman–Crippen LogP) is 4.19. The minimum Gasteiger partial charge on any atom is -0.467 e. The predicted molar refractivity (Wildman–Crippen MR) is 89.7 cm³/mol. The maximum Gasteiger partial charge on any atom is 0.257 e. The van der Waals surface area contributed by atoms with Crippen molar-refractivity contribution < 1.29 is 9.21 Å². The Hall–Kier alpha value is -2.79. The highest BCUT2D eigenvalue weighted by Crippen LogP contribution is 2.21. The van der Waals surface area contributed by atoms with Crippen LogP contribution in [0.3, 0.4) is 0 Å². The first-order valence-electron chi connectivity index (χ1n) is 6.99. The van der Waals surface area contributed by atoms with Gasteiger partial charge in [0.1, 0.15) is 5.76 Å². The number of carbonyl (C=O) groups excluding carboxylic acids is 1. The molecule has 3 aromatic rings. The second-order valence-corrected chi connectivity index (χ2v) is 5.24. The molecule has 0 unspecified atom stereocenters. The monoisotopic (exact) mass is 327 g/mol. The molecule has 1 amide bonds. The zero-order valence-electron chi connectivity index (χ0n) is 12.1. The van der Waals surface area contributed by atoms with E-state index >= 15 is 0 Å². The Kier molecular flexibility index (Phi) is 4.59. The van der Waals surface area contributed by atoms with Crippen molar-refractivity contribution >= 4 is 28.9 Å². The maximum absolute atomic E-state index is 12.3. The molecule has 0 spiro atoms. The van der Waals surface area contributed by atoms with Gasteiger partial charge in [0.2, 0.25) is 0 Å². The van der Waals surface area contributed by atoms with Crippen LogP contribution in [0.2, 0.25) is 5.02 Å². The zero-order valence-corrected chi connectivity index (χ0v) is 12.9. The van der Waals surface area contributed by atoms with Crippen LogP contribution >= 0.6 is 11.6 Å². The first kappa shape index (κ1) is 15.1. The minimum absolute atomic E-state index is 0.271. The molecule has 5 nitrogen and oxygen atoms in total. The third-order valence-corrected chi connectivity index (χ3v) is 3.50. The number of halogens is 1. The van der Waals surface area contributed by atoms with E-state index in [2.05, 4.69) is 15.6 Å². The van der Waals surface area contributed by atoms with Crippen LogP contribution in [0.25, 0.3) is 0 Å². The van der Waals surface area contributed by atoms with Crippen molar-refractivity contribution in [2.45, 2.75) is 6.54 Å². The molecule has 2 aromatic heterocycles. The number of aromatic nitrogens is 1. The molecule has 1 aromatic carbocycles. The molecule has 0 fully saturated rings. The molecule has 0 saturated carbocycles. The van der Waals surface area contributed by atoms with Crippen LogP contribution in [-0.2, 0) is 6.54 Å². The number of hydrogen-bond acceptors (Lipinski definition) is 4. The van der Waals surface area contributed by atoms with Gasteiger partial charge in [0.05, 0.1) is 34.8 Å². The number of anilines is 2. The Morgan fingerprint density at radius 3 is 2.83 bits per heavy atom. The second-order valence-electron chi connectivity index (χ2n) is 4.83. The van der Waals surface area contributed by atoms with Crippen molar-refractivity contribution in [1.29, 1.82) is 0 Å². The van der Waals surface area contributed by atoms with Crippen LogP contribution in [0.1, 0.15) is 16.1 Å². The van der Waals surface area contributed by atoms with Gasteiger partial charge < -0.3 is 15.1 Å². The van der Waals surface area contributed by atoms with Gasteiger partial charge in [-0.3, -0.25) is 9.78 Å². The highest BCUT2D eigenvalue weighted by molar-refractivity contribution is 6.33. The number of pyridine rings is 1. The van der Waals surface area contributed by atoms with Crippen LogP contribution in [0.15, 0.2) is 65.5 Å². The lowest BCUT2D eigenvalue weighted by Gasteiger charge is -2.08. The van der Waals surface area contributed by atoms with Crippen molar-refractivity contribution in [3.8, 4) is 0 Å². The maximum atomic E-state index is 12.3. The highest BCUT2D eigenvalue weighted by Gasteiger charge is 2.09. The Balaban J connectivity index is 1.69. The fourth-order valence-corrected chi connectivity index (χ4v) is 2.20. The first-order valence-corrected chi connectivity index (χ1v) is 7.37. The summed E-state index contributed by atoms with van der Waals surface area (Å²) in [6.45, 7) is 0.518. The molecule has 0 saturated heterocycles. The number of furan rings is 1. The summed E-state index contributed by atoms with van der Waals surface area (Å²) in [4.78, 5) is 16.4. The topological polar surface area (TPSA) is 67.2 Å². The third kappa shape index (κ3) is 3.90. The van der Waals surface area contributed by atoms with Gasteiger partial charge in [-0.05, 0) is 30.3 Å². The Labute approximate surface area is 138 Å². The summed E-state index contributed by atoms with van der Waals surface area (Å²) in [6.07, 6.45) is 4.77. The molecule has 116 valence electrons. The number of rotatable bonds is 5. The molecule has 23 heavy (non-hydrogen) atoms. The van der Waals surface area contributed by atoms with E-state index in [1.807, 2.05) is 12.1 Å². The largest absolute Gasteiger partial charge is 0.467 e. The highest BCUT2D eigenvalue weighted by atomic mass is 35.5. The van der Waals surface area contributed by atoms with Crippen molar-refractivity contribution in [2.24, 2.45) is 0 Å². The number of benzene rings is 1. The van der Waals surface area contributed by atoms with Crippen molar-refractivity contribution in [2.75, 3.05) is 10.6 Å². The average Bonchev–Trinajstić information content (AvgIpc) is 3.09. The van der Waals surface area contributed by atoms with Gasteiger partial charge >= 0.3 is 0 Å². The molecule has 0 aliphatic carbocycles. The Bertz CT molecular complexity index is 803. The fourth-order valence-electron chi connectivity index (χ4n) is 2.02. The smallest absolute Gasteiger partial charge is 0.257 e. The van der Waals surface area contributed by atoms with Crippen LogP contribution < -0.4 is 10.6 Å². The molecule has 0 aliphatic heterocycles. The molecule has 0 radical (unpaired) electrons. The van der Waals surface area contributed by atoms with E-state index in [1.165, 1.54) is 6.20 Å². The standard InChI is InChI=1S/C17H14ClN3O2/c18-15-5-1-2-6-16(15)21-17(22)12-8-13(10-19-9-12)20-11-14-4-3-7-23-14/h1-10,20H,11H2,(H,21,22). The second kappa shape index (κ2) is 6.98. The molecule has 0 aliphatic rings. The molecule has 2 N–H and O–H groups in total. The quantitative estimate of drug-likeness (QED) is 0.737. The SMILES string of the molecule is O=C(Nc1ccccc1Cl)c1cncc(NCc2ccco2)c1. The summed E-state index contributed by atoms with van der Waals surface area (Å²) in [5.41, 5.74) is 1.73. The lowest BCUT2D eigenvalue weighted by molar-refractivity contribution is 0.102. The molecule has 2 heterocycles. The summed E-state index contributed by atoms with van der Waals surface area (Å²) in [5, 5.41) is 6.41. The van der Waals surface area contributed by atoms with Gasteiger partial charge in [-0.15, -0.1) is 0 Å². The normalized spacial score (nSPS) is 10.3. The number of hydrogen-bond donors (Lipinski definition) is 2. The summed E-state index contributed by atoms with van der Waals surface area (Å²) < 4.78 is 5.25. The zero-order chi connectivity index (χ0) is 16.1. The molecule has 0 bridgehead atoms. The average molecular weight is 328 g/mol. The minimum atomic E-state index is -0.271. The van der Waals surface area contributed by atoms with Crippen molar-refractivity contribution in [1.82, 2.24) is 4.98 Å². The van der Waals surface area contributed by atoms with Crippen LogP contribution in [0.4, 0.5) is 11.4 Å². The molecule has 6 heteroatoms. The van der Waals surface area contributed by atoms with Gasteiger partial charge in [0, 0.05) is 12.4 Å². The Morgan fingerprint density at radius 1 is 1.17 bits per heavy atom. The van der Waals surface area contributed by atoms with E-state index in [1.54, 1.807) is 42.8 Å². The lowest BCUT2D eigenvalue weighted by atomic mass is 10.2. The van der Waals surface area contributed by atoms with Gasteiger partial charge in [-0.2, -0.15) is 0 Å². The Morgan fingerprint density at radius 2 is 2.04 bits per heavy atom. The first-order chi connectivity index (χ1) is 11.2. The van der Waals surface area contributed by atoms with Gasteiger partial charge in [0.25, 0.3) is 5.91 Å². The summed E-state index contributed by atoms with van der Waals surface area (Å²) in [7, 11) is 0. The van der Waals surface area contributed by atoms with E-state index in [0.717, 1.165) is 11.4 Å². The summed E-state index contributed by atoms with van der Waals surface area (Å²) in [5.74, 6) is 0.531. The summed E-state index contributed by atoms with van der Waals surface area (Å²) >= 11 is 6.04. The summed E-state index contributed by atoms with van der Waals surface area (Å²) in [6, 6.07) is 12.5. The van der Waals surface area contributed by atoms with E-state index in [4.69, 9.17) is 16.0 Å². The molecular weight excluding hydrogens is 314 g/mol. The van der Waals surface area contributed by atoms with E-state index in [0.29, 0.717) is 22.8 Å². The van der Waals surface area contributed by atoms with Crippen LogP contribution in [0.5, 0.6) is 0 Å². The number of para-hydroxylation sites is 1. The number of nitrogens with one attached hydrogen (secondary N) is 2. The van der Waals surface area contributed by atoms with E-state index in [-0.39, 0.29) is 5.91 Å². The fraction of sp³-hybridized carbons (Fsp3) is 0.0588. The van der Waals surface area contributed by atoms with E-state index in [9.17, 15) is 4.79 Å². The number of carbonyl (C=O) groups is 1. The molecule has 3 rings (SSSR count). The van der Waals surface area contributed by atoms with Gasteiger partial charge in [0.15, 0.2) is 0 Å². The van der Waals surface area contributed by atoms with Crippen LogP contribution in [-0.4, -0.2) is 10.9 Å². The van der Waals surface area contributed by atoms with E-state index < -0.39 is 0 Å². The van der Waals surface area contributed by atoms with Crippen molar-refractivity contribution in [3.05, 3.63) is 77.5 Å². The number of nitrogens with zero attached hydrogens (tertiary/aromatic N) is 1. The van der Waals surface area contributed by atoms with Crippen molar-refractivity contribution in [3.63, 3.8) is 0 Å².